The topological polar surface area (TPSA) is 74.8 Å². The first-order valence-electron chi connectivity index (χ1n) is 8.81. The zero-order valence-electron chi connectivity index (χ0n) is 15.3. The third kappa shape index (κ3) is 3.74. The van der Waals surface area contributed by atoms with Gasteiger partial charge in [0.1, 0.15) is 24.8 Å². The van der Waals surface area contributed by atoms with Gasteiger partial charge in [0.15, 0.2) is 0 Å². The van der Waals surface area contributed by atoms with Crippen LogP contribution in [0.5, 0.6) is 0 Å². The molecule has 10 heteroatoms. The van der Waals surface area contributed by atoms with E-state index in [1.807, 2.05) is 0 Å². The number of fused-ring (bicyclic) bond motifs is 1. The van der Waals surface area contributed by atoms with Crippen LogP contribution in [0.1, 0.15) is 22.5 Å². The number of hydrogen-bond donors (Lipinski definition) is 0. The fraction of sp³-hybridized carbons (Fsp3) is 0.200. The second-order valence-electron chi connectivity index (χ2n) is 6.80. The van der Waals surface area contributed by atoms with E-state index in [0.717, 1.165) is 23.8 Å². The summed E-state index contributed by atoms with van der Waals surface area (Å²) in [4.78, 5) is 17.8. The molecule has 0 saturated heterocycles. The van der Waals surface area contributed by atoms with Crippen molar-refractivity contribution in [3.8, 4) is 17.2 Å². The number of amides is 1. The molecule has 0 N–H and O–H groups in total. The minimum atomic E-state index is -4.62. The maximum Gasteiger partial charge on any atom is 0.417 e. The van der Waals surface area contributed by atoms with Crippen molar-refractivity contribution in [3.63, 3.8) is 0 Å². The van der Waals surface area contributed by atoms with Crippen molar-refractivity contribution < 1.29 is 22.4 Å². The fourth-order valence-electron chi connectivity index (χ4n) is 3.40. The molecule has 30 heavy (non-hydrogen) atoms. The van der Waals surface area contributed by atoms with Gasteiger partial charge < -0.3 is 4.90 Å². The first kappa shape index (κ1) is 19.6. The maximum atomic E-state index is 13.6. The van der Waals surface area contributed by atoms with E-state index in [1.54, 1.807) is 18.2 Å². The van der Waals surface area contributed by atoms with Crippen molar-refractivity contribution in [2.24, 2.45) is 0 Å². The summed E-state index contributed by atoms with van der Waals surface area (Å²) in [6.07, 6.45) is -3.34. The molecular weight excluding hydrogens is 402 g/mol. The average molecular weight is 415 g/mol. The fourth-order valence-corrected chi connectivity index (χ4v) is 3.40. The Balaban J connectivity index is 1.57. The SMILES string of the molecule is N#Cc1ncn(CC(=O)N2Cc3ccc(-c4cc(F)ccc4C(F)(F)F)cc3C2)n1. The van der Waals surface area contributed by atoms with Crippen molar-refractivity contribution in [3.05, 3.63) is 71.1 Å². The molecule has 1 amide bonds. The van der Waals surface area contributed by atoms with E-state index < -0.39 is 17.6 Å². The van der Waals surface area contributed by atoms with Crippen molar-refractivity contribution in [1.82, 2.24) is 19.7 Å². The van der Waals surface area contributed by atoms with Gasteiger partial charge in [-0.25, -0.2) is 14.1 Å². The standard InChI is InChI=1S/C20H13F4N5O/c21-15-3-4-17(20(22,23)24)16(6-15)12-1-2-13-8-28(9-14(13)5-12)19(30)10-29-11-26-18(7-25)27-29/h1-6,11H,8-10H2. The van der Waals surface area contributed by atoms with E-state index in [9.17, 15) is 22.4 Å². The number of carbonyl (C=O) groups is 1. The van der Waals surface area contributed by atoms with Crippen LogP contribution in [0.4, 0.5) is 17.6 Å². The molecule has 6 nitrogen and oxygen atoms in total. The Hall–Kier alpha value is -3.74. The van der Waals surface area contributed by atoms with E-state index in [2.05, 4.69) is 10.1 Å². The minimum Gasteiger partial charge on any atom is -0.332 e. The van der Waals surface area contributed by atoms with Crippen LogP contribution in [0.3, 0.4) is 0 Å². The van der Waals surface area contributed by atoms with Crippen molar-refractivity contribution in [2.45, 2.75) is 25.8 Å². The summed E-state index contributed by atoms with van der Waals surface area (Å²) >= 11 is 0. The van der Waals surface area contributed by atoms with Crippen LogP contribution in [-0.4, -0.2) is 25.6 Å². The Morgan fingerprint density at radius 1 is 1.13 bits per heavy atom. The van der Waals surface area contributed by atoms with E-state index in [-0.39, 0.29) is 35.9 Å². The number of alkyl halides is 3. The molecule has 0 atom stereocenters. The molecule has 0 aliphatic carbocycles. The summed E-state index contributed by atoms with van der Waals surface area (Å²) < 4.78 is 54.9. The van der Waals surface area contributed by atoms with Crippen LogP contribution in [0.15, 0.2) is 42.7 Å². The number of carbonyl (C=O) groups excluding carboxylic acids is 1. The molecule has 0 saturated carbocycles. The average Bonchev–Trinajstić information content (AvgIpc) is 3.32. The zero-order chi connectivity index (χ0) is 21.5. The van der Waals surface area contributed by atoms with Gasteiger partial charge >= 0.3 is 6.18 Å². The number of nitrogens with zero attached hydrogens (tertiary/aromatic N) is 5. The highest BCUT2D eigenvalue weighted by molar-refractivity contribution is 5.77. The van der Waals surface area contributed by atoms with Crippen molar-refractivity contribution >= 4 is 5.91 Å². The molecule has 0 bridgehead atoms. The summed E-state index contributed by atoms with van der Waals surface area (Å²) in [5.41, 5.74) is 0.545. The number of aromatic nitrogens is 3. The van der Waals surface area contributed by atoms with Crippen LogP contribution in [0.25, 0.3) is 11.1 Å². The third-order valence-electron chi connectivity index (χ3n) is 4.81. The number of rotatable bonds is 3. The van der Waals surface area contributed by atoms with E-state index in [4.69, 9.17) is 5.26 Å². The van der Waals surface area contributed by atoms with Gasteiger partial charge in [-0.05, 0) is 46.5 Å². The monoisotopic (exact) mass is 415 g/mol. The number of halogens is 4. The highest BCUT2D eigenvalue weighted by Gasteiger charge is 2.34. The summed E-state index contributed by atoms with van der Waals surface area (Å²) in [7, 11) is 0. The van der Waals surface area contributed by atoms with Gasteiger partial charge in [-0.2, -0.15) is 18.4 Å². The Morgan fingerprint density at radius 3 is 2.60 bits per heavy atom. The molecule has 1 aliphatic rings. The normalized spacial score (nSPS) is 13.2. The Kier molecular flexibility index (Phi) is 4.73. The lowest BCUT2D eigenvalue weighted by molar-refractivity contribution is -0.137. The largest absolute Gasteiger partial charge is 0.417 e. The molecule has 0 radical (unpaired) electrons. The molecule has 0 fully saturated rings. The first-order chi connectivity index (χ1) is 14.2. The number of hydrogen-bond acceptors (Lipinski definition) is 4. The Bertz CT molecular complexity index is 1180. The van der Waals surface area contributed by atoms with Gasteiger partial charge in [-0.3, -0.25) is 4.79 Å². The molecule has 0 spiro atoms. The Labute approximate surface area is 168 Å². The van der Waals surface area contributed by atoms with E-state index >= 15 is 0 Å². The maximum absolute atomic E-state index is 13.6. The molecule has 152 valence electrons. The zero-order valence-corrected chi connectivity index (χ0v) is 15.3. The van der Waals surface area contributed by atoms with Gasteiger partial charge in [-0.15, -0.1) is 5.10 Å². The van der Waals surface area contributed by atoms with Crippen LogP contribution in [-0.2, 0) is 30.6 Å². The number of nitriles is 1. The number of benzene rings is 2. The third-order valence-corrected chi connectivity index (χ3v) is 4.81. The van der Waals surface area contributed by atoms with Crippen LogP contribution >= 0.6 is 0 Å². The van der Waals surface area contributed by atoms with Crippen molar-refractivity contribution in [1.29, 1.82) is 5.26 Å². The van der Waals surface area contributed by atoms with Gasteiger partial charge in [0, 0.05) is 13.1 Å². The smallest absolute Gasteiger partial charge is 0.332 e. The van der Waals surface area contributed by atoms with Crippen LogP contribution in [0, 0.1) is 17.1 Å². The van der Waals surface area contributed by atoms with Gasteiger partial charge in [0.25, 0.3) is 5.82 Å². The van der Waals surface area contributed by atoms with Crippen LogP contribution < -0.4 is 0 Å². The summed E-state index contributed by atoms with van der Waals surface area (Å²) in [5, 5.41) is 12.6. The molecule has 0 unspecified atom stereocenters. The van der Waals surface area contributed by atoms with Crippen molar-refractivity contribution in [2.75, 3.05) is 0 Å². The predicted molar refractivity (Wildman–Crippen MR) is 95.8 cm³/mol. The lowest BCUT2D eigenvalue weighted by Gasteiger charge is -2.15. The molecule has 4 rings (SSSR count). The molecule has 2 heterocycles. The van der Waals surface area contributed by atoms with Gasteiger partial charge in [0.05, 0.1) is 5.56 Å². The van der Waals surface area contributed by atoms with Gasteiger partial charge in [-0.1, -0.05) is 12.1 Å². The Morgan fingerprint density at radius 2 is 1.90 bits per heavy atom. The first-order valence-corrected chi connectivity index (χ1v) is 8.81. The molecule has 3 aromatic rings. The lowest BCUT2D eigenvalue weighted by Crippen LogP contribution is -2.29. The van der Waals surface area contributed by atoms with E-state index in [1.165, 1.54) is 22.0 Å². The highest BCUT2D eigenvalue weighted by Crippen LogP contribution is 2.38. The molecular formula is C20H13F4N5O. The van der Waals surface area contributed by atoms with Gasteiger partial charge in [0.2, 0.25) is 5.91 Å². The molecule has 2 aromatic carbocycles. The second-order valence-corrected chi connectivity index (χ2v) is 6.80. The summed E-state index contributed by atoms with van der Waals surface area (Å²) in [6.45, 7) is 0.389. The van der Waals surface area contributed by atoms with E-state index in [0.29, 0.717) is 12.1 Å². The lowest BCUT2D eigenvalue weighted by atomic mass is 9.96. The second kappa shape index (κ2) is 7.26. The highest BCUT2D eigenvalue weighted by atomic mass is 19.4. The van der Waals surface area contributed by atoms with Crippen LogP contribution in [0.2, 0.25) is 0 Å². The minimum absolute atomic E-state index is 0.0484. The predicted octanol–water partition coefficient (Wildman–Crippen LogP) is 3.52. The molecule has 1 aromatic heterocycles. The molecule has 1 aliphatic heterocycles. The summed E-state index contributed by atoms with van der Waals surface area (Å²) in [5.74, 6) is -1.09. The quantitative estimate of drug-likeness (QED) is 0.614. The summed E-state index contributed by atoms with van der Waals surface area (Å²) in [6, 6.07) is 8.82.